The van der Waals surface area contributed by atoms with E-state index in [2.05, 4.69) is 0 Å². The smallest absolute Gasteiger partial charge is 0.227 e. The van der Waals surface area contributed by atoms with Gasteiger partial charge in [-0.15, -0.1) is 17.0 Å². The van der Waals surface area contributed by atoms with Crippen LogP contribution in [0.25, 0.3) is 0 Å². The van der Waals surface area contributed by atoms with Gasteiger partial charge in [-0.25, -0.2) is 0 Å². The van der Waals surface area contributed by atoms with E-state index in [0.717, 1.165) is 5.75 Å². The summed E-state index contributed by atoms with van der Waals surface area (Å²) in [5.74, 6) is 0.845. The molecule has 0 aliphatic rings. The number of pyridine rings is 1. The van der Waals surface area contributed by atoms with Crippen molar-refractivity contribution in [1.29, 1.82) is 0 Å². The Hall–Kier alpha value is -1.68. The number of ketones is 1. The largest absolute Gasteiger partial charge is 0.497 e. The van der Waals surface area contributed by atoms with Crippen LogP contribution in [-0.2, 0) is 6.54 Å². The Morgan fingerprint density at radius 1 is 1.11 bits per heavy atom. The molecule has 94 valence electrons. The first kappa shape index (κ1) is 14.4. The Morgan fingerprint density at radius 3 is 2.28 bits per heavy atom. The van der Waals surface area contributed by atoms with Gasteiger partial charge in [0.15, 0.2) is 12.4 Å². The van der Waals surface area contributed by atoms with Crippen molar-refractivity contribution >= 4 is 22.8 Å². The van der Waals surface area contributed by atoms with Gasteiger partial charge in [-0.1, -0.05) is 6.07 Å². The first-order valence-corrected chi connectivity index (χ1v) is 5.41. The molecule has 0 fully saturated rings. The zero-order valence-electron chi connectivity index (χ0n) is 10.1. The predicted molar refractivity (Wildman–Crippen MR) is 74.3 cm³/mol. The molecule has 0 amide bonds. The Kier molecular flexibility index (Phi) is 5.52. The highest BCUT2D eigenvalue weighted by molar-refractivity contribution is 8.93. The first-order chi connectivity index (χ1) is 8.29. The lowest BCUT2D eigenvalue weighted by Gasteiger charge is -2.01. The van der Waals surface area contributed by atoms with Crippen LogP contribution in [0.15, 0.2) is 54.9 Å². The molecule has 1 aromatic carbocycles. The van der Waals surface area contributed by atoms with Gasteiger partial charge in [0, 0.05) is 17.7 Å². The number of carbonyl (C=O) groups is 1. The molecule has 0 saturated carbocycles. The van der Waals surface area contributed by atoms with Crippen LogP contribution in [-0.4, -0.2) is 12.9 Å². The molecule has 0 N–H and O–H groups in total. The molecule has 0 spiro atoms. The van der Waals surface area contributed by atoms with E-state index in [0.29, 0.717) is 12.1 Å². The molecule has 18 heavy (non-hydrogen) atoms. The monoisotopic (exact) mass is 308 g/mol. The zero-order valence-corrected chi connectivity index (χ0v) is 11.8. The third-order valence-electron chi connectivity index (χ3n) is 2.52. The Bertz CT molecular complexity index is 497. The molecule has 2 rings (SSSR count). The van der Waals surface area contributed by atoms with Gasteiger partial charge in [-0.3, -0.25) is 4.79 Å². The van der Waals surface area contributed by atoms with Crippen LogP contribution in [0.4, 0.5) is 0 Å². The summed E-state index contributed by atoms with van der Waals surface area (Å²) in [6.45, 7) is 0.354. The quantitative estimate of drug-likeness (QED) is 0.641. The number of Topliss-reactive ketones (excluding diaryl/α,β-unsaturated/α-hetero) is 1. The molecule has 2 aromatic rings. The summed E-state index contributed by atoms with van der Waals surface area (Å²) in [6.07, 6.45) is 3.75. The standard InChI is InChI=1S/C14H14NO2.BrH/c1-17-13-7-5-12(6-8-13)14(16)11-15-9-3-2-4-10-15;/h2-10H,11H2,1H3;1H/q+1;. The fourth-order valence-electron chi connectivity index (χ4n) is 1.57. The number of hydrogen-bond donors (Lipinski definition) is 0. The van der Waals surface area contributed by atoms with Crippen LogP contribution in [0.1, 0.15) is 10.4 Å². The van der Waals surface area contributed by atoms with Crippen molar-refractivity contribution in [3.63, 3.8) is 0 Å². The minimum absolute atomic E-state index is 0. The van der Waals surface area contributed by atoms with Crippen LogP contribution < -0.4 is 9.30 Å². The summed E-state index contributed by atoms with van der Waals surface area (Å²) < 4.78 is 6.90. The van der Waals surface area contributed by atoms with E-state index in [-0.39, 0.29) is 22.8 Å². The number of carbonyl (C=O) groups excluding carboxylic acids is 1. The van der Waals surface area contributed by atoms with Crippen LogP contribution in [0.3, 0.4) is 0 Å². The fourth-order valence-corrected chi connectivity index (χ4v) is 1.57. The van der Waals surface area contributed by atoms with E-state index in [1.54, 1.807) is 31.4 Å². The average molecular weight is 309 g/mol. The van der Waals surface area contributed by atoms with Crippen molar-refractivity contribution in [3.8, 4) is 5.75 Å². The minimum Gasteiger partial charge on any atom is -0.497 e. The SMILES string of the molecule is Br.COc1ccc(C(=O)C[n+]2ccccc2)cc1. The molecule has 1 heterocycles. The van der Waals surface area contributed by atoms with E-state index in [9.17, 15) is 4.79 Å². The van der Waals surface area contributed by atoms with Crippen molar-refractivity contribution in [2.75, 3.05) is 7.11 Å². The lowest BCUT2D eigenvalue weighted by molar-refractivity contribution is -0.683. The van der Waals surface area contributed by atoms with E-state index in [1.807, 2.05) is 35.2 Å². The lowest BCUT2D eigenvalue weighted by Crippen LogP contribution is -2.36. The molecule has 0 bridgehead atoms. The topological polar surface area (TPSA) is 30.2 Å². The summed E-state index contributed by atoms with van der Waals surface area (Å²) in [5, 5.41) is 0. The first-order valence-electron chi connectivity index (χ1n) is 5.41. The second kappa shape index (κ2) is 6.91. The van der Waals surface area contributed by atoms with Crippen molar-refractivity contribution in [1.82, 2.24) is 0 Å². The molecule has 0 unspecified atom stereocenters. The van der Waals surface area contributed by atoms with Gasteiger partial charge in [-0.05, 0) is 24.3 Å². The highest BCUT2D eigenvalue weighted by atomic mass is 79.9. The zero-order chi connectivity index (χ0) is 12.1. The Balaban J connectivity index is 0.00000162. The normalized spacial score (nSPS) is 9.39. The number of ether oxygens (including phenoxy) is 1. The van der Waals surface area contributed by atoms with Crippen LogP contribution in [0, 0.1) is 0 Å². The summed E-state index contributed by atoms with van der Waals surface area (Å²) in [7, 11) is 1.61. The number of hydrogen-bond acceptors (Lipinski definition) is 2. The molecule has 0 aliphatic carbocycles. The molecule has 0 saturated heterocycles. The maximum absolute atomic E-state index is 12.0. The number of benzene rings is 1. The van der Waals surface area contributed by atoms with Gasteiger partial charge >= 0.3 is 0 Å². The van der Waals surface area contributed by atoms with Gasteiger partial charge in [0.05, 0.1) is 7.11 Å². The van der Waals surface area contributed by atoms with E-state index in [1.165, 1.54) is 0 Å². The van der Waals surface area contributed by atoms with E-state index >= 15 is 0 Å². The summed E-state index contributed by atoms with van der Waals surface area (Å²) in [6, 6.07) is 12.9. The second-order valence-electron chi connectivity index (χ2n) is 3.70. The summed E-state index contributed by atoms with van der Waals surface area (Å²) in [5.41, 5.74) is 0.696. The number of rotatable bonds is 4. The van der Waals surface area contributed by atoms with Gasteiger partial charge in [0.1, 0.15) is 5.75 Å². The van der Waals surface area contributed by atoms with Crippen molar-refractivity contribution < 1.29 is 14.1 Å². The molecular weight excluding hydrogens is 294 g/mol. The van der Waals surface area contributed by atoms with Crippen molar-refractivity contribution in [2.45, 2.75) is 6.54 Å². The molecule has 4 heteroatoms. The fraction of sp³-hybridized carbons (Fsp3) is 0.143. The molecule has 0 atom stereocenters. The van der Waals surface area contributed by atoms with Gasteiger partial charge in [-0.2, -0.15) is 4.57 Å². The average Bonchev–Trinajstić information content (AvgIpc) is 2.40. The Labute approximate surface area is 117 Å². The molecule has 1 aromatic heterocycles. The highest BCUT2D eigenvalue weighted by Crippen LogP contribution is 2.11. The number of methoxy groups -OCH3 is 1. The maximum Gasteiger partial charge on any atom is 0.227 e. The lowest BCUT2D eigenvalue weighted by atomic mass is 10.1. The molecule has 0 aliphatic heterocycles. The summed E-state index contributed by atoms with van der Waals surface area (Å²) in [4.78, 5) is 12.0. The highest BCUT2D eigenvalue weighted by Gasteiger charge is 2.11. The van der Waals surface area contributed by atoms with Crippen LogP contribution in [0.2, 0.25) is 0 Å². The van der Waals surface area contributed by atoms with E-state index < -0.39 is 0 Å². The maximum atomic E-state index is 12.0. The van der Waals surface area contributed by atoms with Crippen molar-refractivity contribution in [2.24, 2.45) is 0 Å². The van der Waals surface area contributed by atoms with Crippen LogP contribution in [0.5, 0.6) is 5.75 Å². The number of halogens is 1. The van der Waals surface area contributed by atoms with Gasteiger partial charge in [0.25, 0.3) is 0 Å². The summed E-state index contributed by atoms with van der Waals surface area (Å²) >= 11 is 0. The van der Waals surface area contributed by atoms with Gasteiger partial charge in [0.2, 0.25) is 12.3 Å². The Morgan fingerprint density at radius 2 is 1.72 bits per heavy atom. The number of aromatic nitrogens is 1. The van der Waals surface area contributed by atoms with E-state index in [4.69, 9.17) is 4.74 Å². The third-order valence-corrected chi connectivity index (χ3v) is 2.52. The molecular formula is C14H15BrNO2+. The predicted octanol–water partition coefficient (Wildman–Crippen LogP) is 2.44. The van der Waals surface area contributed by atoms with Crippen LogP contribution >= 0.6 is 17.0 Å². The van der Waals surface area contributed by atoms with Gasteiger partial charge < -0.3 is 4.74 Å². The third kappa shape index (κ3) is 3.67. The minimum atomic E-state index is 0. The van der Waals surface area contributed by atoms with Crippen molar-refractivity contribution in [3.05, 3.63) is 60.4 Å². The molecule has 0 radical (unpaired) electrons. The second-order valence-corrected chi connectivity index (χ2v) is 3.70. The molecule has 3 nitrogen and oxygen atoms in total. The number of nitrogens with zero attached hydrogens (tertiary/aromatic N) is 1.